The molecule has 0 saturated carbocycles. The van der Waals surface area contributed by atoms with E-state index in [0.717, 1.165) is 15.7 Å². The molecular weight excluding hydrogens is 270 g/mol. The maximum Gasteiger partial charge on any atom is 0.284 e. The lowest BCUT2D eigenvalue weighted by molar-refractivity contribution is 0.266. The van der Waals surface area contributed by atoms with Crippen molar-refractivity contribution >= 4 is 15.8 Å². The van der Waals surface area contributed by atoms with E-state index in [9.17, 15) is 8.42 Å². The third-order valence-electron chi connectivity index (χ3n) is 2.65. The number of fused-ring (bicyclic) bond motifs is 1. The third-order valence-corrected chi connectivity index (χ3v) is 4.29. The van der Waals surface area contributed by atoms with Gasteiger partial charge in [-0.2, -0.15) is 9.29 Å². The van der Waals surface area contributed by atoms with Gasteiger partial charge in [0.1, 0.15) is 0 Å². The molecule has 2 rings (SSSR count). The largest absolute Gasteiger partial charge is 0.395 e. The van der Waals surface area contributed by atoms with Crippen LogP contribution < -0.4 is 0 Å². The number of aryl methyl sites for hydroxylation is 2. The fourth-order valence-corrected chi connectivity index (χ4v) is 2.64. The number of likely N-dealkylation sites (N-methyl/N-ethyl adjacent to an activating group) is 1. The van der Waals surface area contributed by atoms with E-state index in [-0.39, 0.29) is 24.1 Å². The van der Waals surface area contributed by atoms with Crippen LogP contribution >= 0.6 is 0 Å². The Balaban J connectivity index is 2.55. The van der Waals surface area contributed by atoms with Gasteiger partial charge in [0, 0.05) is 25.0 Å². The summed E-state index contributed by atoms with van der Waals surface area (Å²) in [7, 11) is -2.44. The molecule has 0 unspecified atom stereocenters. The fraction of sp³-hybridized carbons (Fsp3) is 0.500. The number of aliphatic hydroxyl groups is 1. The maximum absolute atomic E-state index is 12.1. The molecule has 0 bridgehead atoms. The second-order valence-electron chi connectivity index (χ2n) is 4.20. The van der Waals surface area contributed by atoms with Crippen LogP contribution in [0.2, 0.25) is 0 Å². The molecule has 0 aliphatic rings. The van der Waals surface area contributed by atoms with Gasteiger partial charge in [-0.05, 0) is 19.9 Å². The van der Waals surface area contributed by atoms with Crippen LogP contribution in [-0.4, -0.2) is 57.6 Å². The van der Waals surface area contributed by atoms with E-state index in [2.05, 4.69) is 15.1 Å². The van der Waals surface area contributed by atoms with Crippen LogP contribution in [-0.2, 0) is 10.0 Å². The van der Waals surface area contributed by atoms with Gasteiger partial charge in [-0.3, -0.25) is 0 Å². The van der Waals surface area contributed by atoms with Crippen molar-refractivity contribution in [1.82, 2.24) is 23.9 Å². The Labute approximate surface area is 110 Å². The molecule has 0 fully saturated rings. The van der Waals surface area contributed by atoms with Crippen LogP contribution in [0.5, 0.6) is 0 Å². The molecule has 0 amide bonds. The van der Waals surface area contributed by atoms with Gasteiger partial charge in [0.15, 0.2) is 0 Å². The molecule has 19 heavy (non-hydrogen) atoms. The lowest BCUT2D eigenvalue weighted by atomic mass is 10.4. The maximum atomic E-state index is 12.1. The molecule has 0 aliphatic heterocycles. The van der Waals surface area contributed by atoms with E-state index in [1.807, 2.05) is 0 Å². The second kappa shape index (κ2) is 4.83. The minimum Gasteiger partial charge on any atom is -0.395 e. The molecule has 2 aromatic rings. The SMILES string of the molecule is Cc1cc(C)n2nc(S(=O)(=O)N(C)CCO)nc2n1. The number of rotatable bonds is 4. The lowest BCUT2D eigenvalue weighted by Gasteiger charge is -2.12. The number of nitrogens with zero attached hydrogens (tertiary/aromatic N) is 5. The van der Waals surface area contributed by atoms with Crippen molar-refractivity contribution < 1.29 is 13.5 Å². The quantitative estimate of drug-likeness (QED) is 0.801. The molecule has 9 heteroatoms. The molecule has 2 heterocycles. The molecule has 8 nitrogen and oxygen atoms in total. The van der Waals surface area contributed by atoms with Crippen molar-refractivity contribution in [1.29, 1.82) is 0 Å². The summed E-state index contributed by atoms with van der Waals surface area (Å²) in [6, 6.07) is 1.79. The van der Waals surface area contributed by atoms with E-state index >= 15 is 0 Å². The topological polar surface area (TPSA) is 101 Å². The molecule has 0 aliphatic carbocycles. The van der Waals surface area contributed by atoms with Gasteiger partial charge in [-0.1, -0.05) is 0 Å². The Morgan fingerprint density at radius 1 is 1.37 bits per heavy atom. The minimum absolute atomic E-state index is 0.0106. The zero-order valence-corrected chi connectivity index (χ0v) is 11.7. The average Bonchev–Trinajstić information content (AvgIpc) is 2.73. The van der Waals surface area contributed by atoms with Gasteiger partial charge in [-0.25, -0.2) is 17.9 Å². The predicted molar refractivity (Wildman–Crippen MR) is 67.2 cm³/mol. The summed E-state index contributed by atoms with van der Waals surface area (Å²) >= 11 is 0. The standard InChI is InChI=1S/C10H15N5O3S/c1-7-6-8(2)15-9(11-7)12-10(13-15)19(17,18)14(3)4-5-16/h6,16H,4-5H2,1-3H3. The van der Waals surface area contributed by atoms with Crippen LogP contribution in [0.25, 0.3) is 5.78 Å². The van der Waals surface area contributed by atoms with Gasteiger partial charge in [0.05, 0.1) is 6.61 Å². The normalized spacial score (nSPS) is 12.5. The fourth-order valence-electron chi connectivity index (χ4n) is 1.66. The summed E-state index contributed by atoms with van der Waals surface area (Å²) in [4.78, 5) is 8.07. The summed E-state index contributed by atoms with van der Waals surface area (Å²) in [5.74, 6) is 0.244. The highest BCUT2D eigenvalue weighted by Crippen LogP contribution is 2.12. The summed E-state index contributed by atoms with van der Waals surface area (Å²) in [6.45, 7) is 3.32. The van der Waals surface area contributed by atoms with Gasteiger partial charge in [0.25, 0.3) is 21.0 Å². The predicted octanol–water partition coefficient (Wildman–Crippen LogP) is -0.646. The van der Waals surface area contributed by atoms with Crippen molar-refractivity contribution in [3.63, 3.8) is 0 Å². The highest BCUT2D eigenvalue weighted by Gasteiger charge is 2.26. The first-order chi connectivity index (χ1) is 8.86. The third kappa shape index (κ3) is 2.44. The first-order valence-corrected chi connectivity index (χ1v) is 7.08. The van der Waals surface area contributed by atoms with Crippen molar-refractivity contribution in [2.75, 3.05) is 20.2 Å². The molecule has 0 radical (unpaired) electrons. The highest BCUT2D eigenvalue weighted by molar-refractivity contribution is 7.88. The van der Waals surface area contributed by atoms with E-state index in [1.54, 1.807) is 19.9 Å². The molecule has 1 N–H and O–H groups in total. The van der Waals surface area contributed by atoms with Crippen LogP contribution in [0.1, 0.15) is 11.4 Å². The van der Waals surface area contributed by atoms with Crippen LogP contribution in [0.3, 0.4) is 0 Å². The summed E-state index contributed by atoms with van der Waals surface area (Å²) in [6.07, 6.45) is 0. The Morgan fingerprint density at radius 2 is 2.05 bits per heavy atom. The Bertz CT molecular complexity index is 709. The number of aromatic nitrogens is 4. The molecule has 104 valence electrons. The van der Waals surface area contributed by atoms with Crippen molar-refractivity contribution in [2.24, 2.45) is 0 Å². The van der Waals surface area contributed by atoms with Gasteiger partial charge >= 0.3 is 0 Å². The average molecular weight is 285 g/mol. The van der Waals surface area contributed by atoms with E-state index < -0.39 is 10.0 Å². The Kier molecular flexibility index (Phi) is 3.52. The number of sulfonamides is 1. The van der Waals surface area contributed by atoms with Gasteiger partial charge in [-0.15, -0.1) is 5.10 Å². The van der Waals surface area contributed by atoms with Crippen LogP contribution in [0.15, 0.2) is 11.2 Å². The molecule has 0 atom stereocenters. The van der Waals surface area contributed by atoms with E-state index in [1.165, 1.54) is 11.6 Å². The molecule has 0 saturated heterocycles. The van der Waals surface area contributed by atoms with Crippen molar-refractivity contribution in [3.05, 3.63) is 17.5 Å². The Hall–Kier alpha value is -1.58. The highest BCUT2D eigenvalue weighted by atomic mass is 32.2. The summed E-state index contributed by atoms with van der Waals surface area (Å²) in [5, 5.41) is 12.4. The first-order valence-electron chi connectivity index (χ1n) is 5.64. The second-order valence-corrected chi connectivity index (χ2v) is 6.13. The molecular formula is C10H15N5O3S. The zero-order chi connectivity index (χ0) is 14.2. The van der Waals surface area contributed by atoms with Crippen molar-refractivity contribution in [2.45, 2.75) is 19.0 Å². The molecule has 2 aromatic heterocycles. The number of hydrogen-bond donors (Lipinski definition) is 1. The van der Waals surface area contributed by atoms with Crippen LogP contribution in [0.4, 0.5) is 0 Å². The van der Waals surface area contributed by atoms with Crippen LogP contribution in [0, 0.1) is 13.8 Å². The van der Waals surface area contributed by atoms with E-state index in [0.29, 0.717) is 0 Å². The summed E-state index contributed by atoms with van der Waals surface area (Å²) in [5.41, 5.74) is 1.49. The summed E-state index contributed by atoms with van der Waals surface area (Å²) < 4.78 is 26.7. The number of hydrogen-bond acceptors (Lipinski definition) is 6. The van der Waals surface area contributed by atoms with E-state index in [4.69, 9.17) is 5.11 Å². The molecule has 0 aromatic carbocycles. The Morgan fingerprint density at radius 3 is 2.68 bits per heavy atom. The minimum atomic E-state index is -3.80. The van der Waals surface area contributed by atoms with Gasteiger partial charge in [0.2, 0.25) is 0 Å². The zero-order valence-electron chi connectivity index (χ0n) is 10.9. The lowest BCUT2D eigenvalue weighted by Crippen LogP contribution is -2.30. The monoisotopic (exact) mass is 285 g/mol. The first kappa shape index (κ1) is 13.8. The molecule has 0 spiro atoms. The van der Waals surface area contributed by atoms with Crippen molar-refractivity contribution in [3.8, 4) is 0 Å². The smallest absolute Gasteiger partial charge is 0.284 e. The number of aliphatic hydroxyl groups excluding tert-OH is 1. The van der Waals surface area contributed by atoms with Gasteiger partial charge < -0.3 is 5.11 Å².